The van der Waals surface area contributed by atoms with E-state index in [0.29, 0.717) is 25.9 Å². The number of aryl methyl sites for hydroxylation is 2. The number of aromatic nitrogens is 1. The fraction of sp³-hybridized carbons (Fsp3) is 0.400. The van der Waals surface area contributed by atoms with Crippen molar-refractivity contribution in [2.75, 3.05) is 31.1 Å². The SMILES string of the molecule is CCN(CC)CCN(C(=O)c1cc(Cl)sc1Cl)c1nc2c(C)cc(C)cc2s1. The summed E-state index contributed by atoms with van der Waals surface area (Å²) in [6, 6.07) is 5.87. The predicted octanol–water partition coefficient (Wildman–Crippen LogP) is 6.27. The van der Waals surface area contributed by atoms with Crippen molar-refractivity contribution in [2.45, 2.75) is 27.7 Å². The lowest BCUT2D eigenvalue weighted by Crippen LogP contribution is -2.38. The summed E-state index contributed by atoms with van der Waals surface area (Å²) < 4.78 is 2.01. The molecule has 0 radical (unpaired) electrons. The van der Waals surface area contributed by atoms with Gasteiger partial charge in [0.25, 0.3) is 5.91 Å². The summed E-state index contributed by atoms with van der Waals surface area (Å²) in [4.78, 5) is 22.2. The average Bonchev–Trinajstić information content (AvgIpc) is 3.21. The molecule has 0 fully saturated rings. The van der Waals surface area contributed by atoms with Crippen molar-refractivity contribution in [2.24, 2.45) is 0 Å². The first-order valence-electron chi connectivity index (χ1n) is 9.20. The van der Waals surface area contributed by atoms with E-state index < -0.39 is 0 Å². The molecule has 0 aliphatic rings. The van der Waals surface area contributed by atoms with Crippen LogP contribution in [0.5, 0.6) is 0 Å². The van der Waals surface area contributed by atoms with Gasteiger partial charge in [-0.2, -0.15) is 0 Å². The normalized spacial score (nSPS) is 11.5. The van der Waals surface area contributed by atoms with E-state index in [2.05, 4.69) is 44.7 Å². The molecule has 0 spiro atoms. The number of hydrogen-bond acceptors (Lipinski definition) is 5. The van der Waals surface area contributed by atoms with Crippen molar-refractivity contribution in [3.63, 3.8) is 0 Å². The van der Waals surface area contributed by atoms with E-state index in [1.807, 2.05) is 0 Å². The van der Waals surface area contributed by atoms with Crippen LogP contribution in [0, 0.1) is 13.8 Å². The van der Waals surface area contributed by atoms with Crippen LogP contribution < -0.4 is 4.90 Å². The standard InChI is InChI=1S/C20H23Cl2N3OS2/c1-5-24(6-2)7-8-25(19(26)14-11-16(21)28-18(14)22)20-23-17-13(4)9-12(3)10-15(17)27-20/h9-11H,5-8H2,1-4H3. The molecule has 4 nitrogen and oxygen atoms in total. The van der Waals surface area contributed by atoms with Crippen molar-refractivity contribution in [3.05, 3.63) is 43.6 Å². The molecule has 0 atom stereocenters. The fourth-order valence-electron chi connectivity index (χ4n) is 3.17. The largest absolute Gasteiger partial charge is 0.302 e. The summed E-state index contributed by atoms with van der Waals surface area (Å²) in [5, 5.41) is 0.694. The van der Waals surface area contributed by atoms with E-state index >= 15 is 0 Å². The third kappa shape index (κ3) is 4.52. The Hall–Kier alpha value is -1.18. The Morgan fingerprint density at radius 1 is 1.07 bits per heavy atom. The third-order valence-electron chi connectivity index (χ3n) is 4.72. The van der Waals surface area contributed by atoms with Gasteiger partial charge in [0.2, 0.25) is 0 Å². The van der Waals surface area contributed by atoms with Crippen LogP contribution in [0.4, 0.5) is 5.13 Å². The Bertz CT molecular complexity index is 995. The van der Waals surface area contributed by atoms with Crippen LogP contribution in [0.25, 0.3) is 10.2 Å². The molecule has 150 valence electrons. The number of anilines is 1. The van der Waals surface area contributed by atoms with Crippen LogP contribution in [-0.2, 0) is 0 Å². The first-order chi connectivity index (χ1) is 13.3. The van der Waals surface area contributed by atoms with E-state index in [4.69, 9.17) is 28.2 Å². The second kappa shape index (κ2) is 9.09. The van der Waals surface area contributed by atoms with Gasteiger partial charge in [-0.1, -0.05) is 54.5 Å². The number of amides is 1. The highest BCUT2D eigenvalue weighted by molar-refractivity contribution is 7.22. The van der Waals surface area contributed by atoms with E-state index in [9.17, 15) is 4.79 Å². The van der Waals surface area contributed by atoms with Gasteiger partial charge in [0.15, 0.2) is 5.13 Å². The Morgan fingerprint density at radius 3 is 2.39 bits per heavy atom. The Kier molecular flexibility index (Phi) is 6.99. The first-order valence-corrected chi connectivity index (χ1v) is 11.6. The zero-order valence-electron chi connectivity index (χ0n) is 16.4. The van der Waals surface area contributed by atoms with Crippen molar-refractivity contribution in [1.82, 2.24) is 9.88 Å². The lowest BCUT2D eigenvalue weighted by Gasteiger charge is -2.24. The fourth-order valence-corrected chi connectivity index (χ4v) is 5.79. The molecule has 2 aromatic heterocycles. The van der Waals surface area contributed by atoms with Gasteiger partial charge in [-0.3, -0.25) is 9.69 Å². The maximum absolute atomic E-state index is 13.3. The molecule has 8 heteroatoms. The molecule has 0 aliphatic heterocycles. The molecule has 0 aliphatic carbocycles. The van der Waals surface area contributed by atoms with Gasteiger partial charge in [0.05, 0.1) is 20.1 Å². The molecule has 0 saturated carbocycles. The number of halogens is 2. The summed E-state index contributed by atoms with van der Waals surface area (Å²) in [6.45, 7) is 11.5. The second-order valence-corrected chi connectivity index (χ2v) is 9.94. The van der Waals surface area contributed by atoms with Crippen LogP contribution in [0.15, 0.2) is 18.2 Å². The number of likely N-dealkylation sites (N-methyl/N-ethyl adjacent to an activating group) is 1. The molecule has 3 rings (SSSR count). The van der Waals surface area contributed by atoms with Crippen molar-refractivity contribution < 1.29 is 4.79 Å². The number of hydrogen-bond donors (Lipinski definition) is 0. The number of fused-ring (bicyclic) bond motifs is 1. The summed E-state index contributed by atoms with van der Waals surface area (Å²) in [5.74, 6) is -0.159. The number of nitrogens with zero attached hydrogens (tertiary/aromatic N) is 3. The maximum atomic E-state index is 13.3. The average molecular weight is 456 g/mol. The first kappa shape index (κ1) is 21.5. The molecule has 1 aromatic carbocycles. The number of carbonyl (C=O) groups excluding carboxylic acids is 1. The highest BCUT2D eigenvalue weighted by Gasteiger charge is 2.25. The van der Waals surface area contributed by atoms with Crippen LogP contribution in [0.1, 0.15) is 35.3 Å². The molecule has 1 amide bonds. The Balaban J connectivity index is 2.01. The van der Waals surface area contributed by atoms with Crippen LogP contribution in [0.3, 0.4) is 0 Å². The molecular formula is C20H23Cl2N3OS2. The number of thiazole rings is 1. The van der Waals surface area contributed by atoms with E-state index in [-0.39, 0.29) is 5.91 Å². The summed E-state index contributed by atoms with van der Waals surface area (Å²) >= 11 is 15.1. The van der Waals surface area contributed by atoms with E-state index in [1.54, 1.807) is 11.0 Å². The minimum atomic E-state index is -0.159. The highest BCUT2D eigenvalue weighted by Crippen LogP contribution is 2.36. The topological polar surface area (TPSA) is 36.4 Å². The van der Waals surface area contributed by atoms with Gasteiger partial charge < -0.3 is 4.90 Å². The molecule has 3 aromatic rings. The van der Waals surface area contributed by atoms with Crippen LogP contribution >= 0.6 is 45.9 Å². The summed E-state index contributed by atoms with van der Waals surface area (Å²) in [6.07, 6.45) is 0. The van der Waals surface area contributed by atoms with Gasteiger partial charge in [-0.05, 0) is 50.2 Å². The lowest BCUT2D eigenvalue weighted by atomic mass is 10.1. The number of carbonyl (C=O) groups is 1. The van der Waals surface area contributed by atoms with Gasteiger partial charge in [0, 0.05) is 13.1 Å². The van der Waals surface area contributed by atoms with E-state index in [0.717, 1.165) is 35.4 Å². The monoisotopic (exact) mass is 455 g/mol. The predicted molar refractivity (Wildman–Crippen MR) is 123 cm³/mol. The summed E-state index contributed by atoms with van der Waals surface area (Å²) in [7, 11) is 0. The number of rotatable bonds is 7. The minimum Gasteiger partial charge on any atom is -0.302 e. The highest BCUT2D eigenvalue weighted by atomic mass is 35.5. The van der Waals surface area contributed by atoms with Crippen LogP contribution in [0.2, 0.25) is 8.67 Å². The zero-order valence-corrected chi connectivity index (χ0v) is 19.5. The molecule has 0 saturated heterocycles. The summed E-state index contributed by atoms with van der Waals surface area (Å²) in [5.41, 5.74) is 3.68. The number of thiophene rings is 1. The lowest BCUT2D eigenvalue weighted by molar-refractivity contribution is 0.0984. The third-order valence-corrected chi connectivity index (χ3v) is 7.23. The van der Waals surface area contributed by atoms with Gasteiger partial charge in [0.1, 0.15) is 4.34 Å². The zero-order chi connectivity index (χ0) is 20.4. The number of benzene rings is 1. The second-order valence-electron chi connectivity index (χ2n) is 6.65. The van der Waals surface area contributed by atoms with Crippen molar-refractivity contribution >= 4 is 67.1 Å². The van der Waals surface area contributed by atoms with Gasteiger partial charge in [-0.15, -0.1) is 11.3 Å². The van der Waals surface area contributed by atoms with Gasteiger partial charge >= 0.3 is 0 Å². The van der Waals surface area contributed by atoms with Crippen molar-refractivity contribution in [3.8, 4) is 0 Å². The Morgan fingerprint density at radius 2 is 1.79 bits per heavy atom. The molecule has 0 N–H and O–H groups in total. The molecule has 0 unspecified atom stereocenters. The van der Waals surface area contributed by atoms with Gasteiger partial charge in [-0.25, -0.2) is 4.98 Å². The smallest absolute Gasteiger partial charge is 0.262 e. The van der Waals surface area contributed by atoms with Crippen molar-refractivity contribution in [1.29, 1.82) is 0 Å². The minimum absolute atomic E-state index is 0.159. The molecule has 2 heterocycles. The quantitative estimate of drug-likeness (QED) is 0.420. The molecule has 0 bridgehead atoms. The maximum Gasteiger partial charge on any atom is 0.262 e. The van der Waals surface area contributed by atoms with E-state index in [1.165, 1.54) is 28.2 Å². The molecular weight excluding hydrogens is 433 g/mol. The Labute approximate surface area is 183 Å². The molecule has 28 heavy (non-hydrogen) atoms. The van der Waals surface area contributed by atoms with Crippen LogP contribution in [-0.4, -0.2) is 42.0 Å².